The second kappa shape index (κ2) is 4.31. The Morgan fingerprint density at radius 3 is 2.67 bits per heavy atom. The predicted octanol–water partition coefficient (Wildman–Crippen LogP) is 0.363. The fourth-order valence-electron chi connectivity index (χ4n) is 1.91. The number of guanidine groups is 1. The summed E-state index contributed by atoms with van der Waals surface area (Å²) >= 11 is 0. The van der Waals surface area contributed by atoms with Crippen molar-refractivity contribution in [1.82, 2.24) is 5.32 Å². The lowest BCUT2D eigenvalue weighted by molar-refractivity contribution is 0.513. The molecule has 1 aliphatic heterocycles. The van der Waals surface area contributed by atoms with Crippen molar-refractivity contribution in [3.05, 3.63) is 35.9 Å². The van der Waals surface area contributed by atoms with Crippen LogP contribution in [0.5, 0.6) is 0 Å². The van der Waals surface area contributed by atoms with Crippen LogP contribution in [0.25, 0.3) is 0 Å². The predicted molar refractivity (Wildman–Crippen MR) is 61.4 cm³/mol. The zero-order valence-electron chi connectivity index (χ0n) is 8.56. The minimum absolute atomic E-state index is 0.106. The third kappa shape index (κ3) is 2.10. The van der Waals surface area contributed by atoms with Crippen molar-refractivity contribution in [2.24, 2.45) is 16.5 Å². The first-order valence-corrected chi connectivity index (χ1v) is 5.16. The highest BCUT2D eigenvalue weighted by Gasteiger charge is 2.27. The molecule has 0 aliphatic carbocycles. The molecule has 2 atom stereocenters. The molecule has 0 saturated carbocycles. The van der Waals surface area contributed by atoms with Gasteiger partial charge in [-0.05, 0) is 18.5 Å². The van der Waals surface area contributed by atoms with Crippen molar-refractivity contribution in [3.8, 4) is 0 Å². The summed E-state index contributed by atoms with van der Waals surface area (Å²) < 4.78 is 0. The Morgan fingerprint density at radius 1 is 1.27 bits per heavy atom. The molecule has 0 aromatic heterocycles. The van der Waals surface area contributed by atoms with Crippen LogP contribution in [0.1, 0.15) is 18.0 Å². The Hall–Kier alpha value is -1.55. The summed E-state index contributed by atoms with van der Waals surface area (Å²) in [6.45, 7) is 0.643. The average molecular weight is 204 g/mol. The second-order valence-electron chi connectivity index (χ2n) is 3.70. The average Bonchev–Trinajstić information content (AvgIpc) is 2.62. The molecule has 80 valence electrons. The van der Waals surface area contributed by atoms with Gasteiger partial charge in [-0.1, -0.05) is 30.3 Å². The molecule has 1 heterocycles. The Kier molecular flexibility index (Phi) is 2.87. The molecule has 1 aromatic rings. The van der Waals surface area contributed by atoms with Crippen molar-refractivity contribution in [1.29, 1.82) is 0 Å². The number of hydrogen-bond acceptors (Lipinski definition) is 4. The summed E-state index contributed by atoms with van der Waals surface area (Å²) in [6, 6.07) is 10.5. The first-order chi connectivity index (χ1) is 7.31. The molecule has 1 aliphatic rings. The maximum atomic E-state index is 5.68. The topological polar surface area (TPSA) is 76.4 Å². The van der Waals surface area contributed by atoms with Gasteiger partial charge in [0.15, 0.2) is 5.96 Å². The van der Waals surface area contributed by atoms with Gasteiger partial charge in [0.25, 0.3) is 0 Å². The third-order valence-corrected chi connectivity index (χ3v) is 2.61. The molecule has 15 heavy (non-hydrogen) atoms. The fourth-order valence-corrected chi connectivity index (χ4v) is 1.91. The molecule has 0 fully saturated rings. The highest BCUT2D eigenvalue weighted by molar-refractivity contribution is 5.80. The van der Waals surface area contributed by atoms with E-state index in [9.17, 15) is 0 Å². The molecule has 4 nitrogen and oxygen atoms in total. The summed E-state index contributed by atoms with van der Waals surface area (Å²) in [5.74, 6) is 0.516. The number of hydrogen-bond donors (Lipinski definition) is 3. The van der Waals surface area contributed by atoms with Gasteiger partial charge in [-0.15, -0.1) is 0 Å². The SMILES string of the molecule is NCC[C@H]1NC(N)=N[C@@H]1c1ccccc1. The summed E-state index contributed by atoms with van der Waals surface area (Å²) in [7, 11) is 0. The summed E-state index contributed by atoms with van der Waals surface area (Å²) in [5, 5.41) is 3.15. The van der Waals surface area contributed by atoms with Crippen LogP contribution < -0.4 is 16.8 Å². The lowest BCUT2D eigenvalue weighted by atomic mass is 9.99. The molecule has 2 rings (SSSR count). The van der Waals surface area contributed by atoms with Crippen LogP contribution in [-0.2, 0) is 0 Å². The van der Waals surface area contributed by atoms with Gasteiger partial charge < -0.3 is 16.8 Å². The first kappa shape index (κ1) is 9.98. The highest BCUT2D eigenvalue weighted by atomic mass is 15.2. The van der Waals surface area contributed by atoms with Gasteiger partial charge in [0, 0.05) is 0 Å². The van der Waals surface area contributed by atoms with Gasteiger partial charge in [0.05, 0.1) is 12.1 Å². The standard InChI is InChI=1S/C11H16N4/c12-7-6-9-10(15-11(13)14-9)8-4-2-1-3-5-8/h1-5,9-10H,6-7,12H2,(H3,13,14,15)/t9-,10-/m1/s1. The zero-order valence-corrected chi connectivity index (χ0v) is 8.56. The van der Waals surface area contributed by atoms with E-state index in [0.717, 1.165) is 6.42 Å². The van der Waals surface area contributed by atoms with Crippen LogP contribution in [0.2, 0.25) is 0 Å². The van der Waals surface area contributed by atoms with E-state index < -0.39 is 0 Å². The van der Waals surface area contributed by atoms with Crippen LogP contribution in [0.3, 0.4) is 0 Å². The fraction of sp³-hybridized carbons (Fsp3) is 0.364. The quantitative estimate of drug-likeness (QED) is 0.665. The molecule has 4 heteroatoms. The minimum Gasteiger partial charge on any atom is -0.370 e. The van der Waals surface area contributed by atoms with Crippen molar-refractivity contribution in [2.45, 2.75) is 18.5 Å². The van der Waals surface area contributed by atoms with Crippen molar-refractivity contribution in [3.63, 3.8) is 0 Å². The van der Waals surface area contributed by atoms with Gasteiger partial charge in [0.2, 0.25) is 0 Å². The van der Waals surface area contributed by atoms with E-state index in [1.807, 2.05) is 18.2 Å². The Labute approximate surface area is 89.4 Å². The molecule has 0 unspecified atom stereocenters. The number of nitrogens with one attached hydrogen (secondary N) is 1. The van der Waals surface area contributed by atoms with Crippen LogP contribution >= 0.6 is 0 Å². The Morgan fingerprint density at radius 2 is 2.00 bits per heavy atom. The number of nitrogens with zero attached hydrogens (tertiary/aromatic N) is 1. The summed E-state index contributed by atoms with van der Waals surface area (Å²) in [4.78, 5) is 4.39. The molecule has 5 N–H and O–H groups in total. The number of rotatable bonds is 3. The molecule has 1 aromatic carbocycles. The van der Waals surface area contributed by atoms with E-state index in [2.05, 4.69) is 22.4 Å². The normalized spacial score (nSPS) is 24.7. The summed E-state index contributed by atoms with van der Waals surface area (Å²) in [5.41, 5.74) is 12.4. The molecule has 0 saturated heterocycles. The number of nitrogens with two attached hydrogens (primary N) is 2. The van der Waals surface area contributed by atoms with Crippen molar-refractivity contribution >= 4 is 5.96 Å². The molecular formula is C11H16N4. The van der Waals surface area contributed by atoms with Gasteiger partial charge in [0.1, 0.15) is 0 Å². The smallest absolute Gasteiger partial charge is 0.189 e. The lowest BCUT2D eigenvalue weighted by Gasteiger charge is -2.17. The largest absolute Gasteiger partial charge is 0.370 e. The van der Waals surface area contributed by atoms with Crippen LogP contribution in [0.15, 0.2) is 35.3 Å². The monoisotopic (exact) mass is 204 g/mol. The van der Waals surface area contributed by atoms with E-state index in [4.69, 9.17) is 11.5 Å². The van der Waals surface area contributed by atoms with Gasteiger partial charge >= 0.3 is 0 Å². The minimum atomic E-state index is 0.106. The highest BCUT2D eigenvalue weighted by Crippen LogP contribution is 2.25. The second-order valence-corrected chi connectivity index (χ2v) is 3.70. The summed E-state index contributed by atoms with van der Waals surface area (Å²) in [6.07, 6.45) is 0.879. The van der Waals surface area contributed by atoms with Gasteiger partial charge in [-0.2, -0.15) is 0 Å². The maximum absolute atomic E-state index is 5.68. The molecule has 0 amide bonds. The van der Waals surface area contributed by atoms with E-state index >= 15 is 0 Å². The van der Waals surface area contributed by atoms with E-state index in [-0.39, 0.29) is 12.1 Å². The van der Waals surface area contributed by atoms with Crippen LogP contribution in [0, 0.1) is 0 Å². The van der Waals surface area contributed by atoms with Crippen LogP contribution in [0.4, 0.5) is 0 Å². The maximum Gasteiger partial charge on any atom is 0.189 e. The van der Waals surface area contributed by atoms with Crippen LogP contribution in [-0.4, -0.2) is 18.5 Å². The van der Waals surface area contributed by atoms with E-state index in [0.29, 0.717) is 12.5 Å². The zero-order chi connectivity index (χ0) is 10.7. The number of benzene rings is 1. The third-order valence-electron chi connectivity index (χ3n) is 2.61. The number of aliphatic imine (C=N–C) groups is 1. The van der Waals surface area contributed by atoms with Crippen molar-refractivity contribution < 1.29 is 0 Å². The molecular weight excluding hydrogens is 188 g/mol. The Balaban J connectivity index is 2.19. The molecule has 0 bridgehead atoms. The Bertz CT molecular complexity index is 347. The molecule has 0 radical (unpaired) electrons. The molecule has 0 spiro atoms. The van der Waals surface area contributed by atoms with E-state index in [1.165, 1.54) is 5.56 Å². The van der Waals surface area contributed by atoms with Crippen molar-refractivity contribution in [2.75, 3.05) is 6.54 Å². The van der Waals surface area contributed by atoms with Gasteiger partial charge in [-0.25, -0.2) is 4.99 Å². The first-order valence-electron chi connectivity index (χ1n) is 5.16. The lowest BCUT2D eigenvalue weighted by Crippen LogP contribution is -2.37. The van der Waals surface area contributed by atoms with Gasteiger partial charge in [-0.3, -0.25) is 0 Å². The van der Waals surface area contributed by atoms with E-state index in [1.54, 1.807) is 0 Å².